The van der Waals surface area contributed by atoms with Gasteiger partial charge in [-0.05, 0) is 0 Å². The number of amides is 2. The van der Waals surface area contributed by atoms with E-state index in [0.717, 1.165) is 0 Å². The van der Waals surface area contributed by atoms with Crippen LogP contribution in [0.1, 0.15) is 0 Å². The molecular formula is C3H8CuN8O7. The molecule has 0 fully saturated rings. The summed E-state index contributed by atoms with van der Waals surface area (Å²) < 4.78 is 0. The van der Waals surface area contributed by atoms with Gasteiger partial charge in [0.15, 0.2) is 11.9 Å². The molecule has 0 aliphatic rings. The third-order valence-corrected chi connectivity index (χ3v) is 0.496. The van der Waals surface area contributed by atoms with Crippen LogP contribution in [-0.2, 0) is 17.1 Å². The topological polar surface area (TPSA) is 273 Å². The van der Waals surface area contributed by atoms with Gasteiger partial charge in [0.1, 0.15) is 0 Å². The Labute approximate surface area is 114 Å². The zero-order valence-corrected chi connectivity index (χ0v) is 9.65. The minimum Gasteiger partial charge on any atom is -0.370 e. The predicted molar refractivity (Wildman–Crippen MR) is 56.2 cm³/mol. The summed E-state index contributed by atoms with van der Waals surface area (Å²) in [7, 11) is 0. The Morgan fingerprint density at radius 2 is 1.05 bits per heavy atom. The fraction of sp³-hybridized carbons (Fsp3) is 0. The number of carbonyl (C=O) groups excluding carboxylic acids is 1. The van der Waals surface area contributed by atoms with Gasteiger partial charge in [-0.1, -0.05) is 0 Å². The van der Waals surface area contributed by atoms with Crippen molar-refractivity contribution in [1.29, 1.82) is 10.8 Å². The van der Waals surface area contributed by atoms with Crippen LogP contribution in [0.15, 0.2) is 0 Å². The molecule has 0 rings (SSSR count). The van der Waals surface area contributed by atoms with Crippen LogP contribution in [0.5, 0.6) is 0 Å². The summed E-state index contributed by atoms with van der Waals surface area (Å²) in [6, 6.07) is -0.792. The van der Waals surface area contributed by atoms with Crippen LogP contribution in [0, 0.1) is 41.5 Å². The number of nitrogens with one attached hydrogen (secondary N) is 4. The molecule has 0 unspecified atom stereocenters. The van der Waals surface area contributed by atoms with Gasteiger partial charge >= 0.3 is 23.1 Å². The molecule has 0 aromatic carbocycles. The molecule has 1 radical (unpaired) electrons. The fourth-order valence-electron chi connectivity index (χ4n) is 0.276. The molecule has 0 bridgehead atoms. The van der Waals surface area contributed by atoms with Crippen molar-refractivity contribution in [2.75, 3.05) is 0 Å². The Hall–Kier alpha value is -2.87. The maximum atomic E-state index is 10.4. The molecular weight excluding hydrogens is 324 g/mol. The third-order valence-electron chi connectivity index (χ3n) is 0.496. The second-order valence-electron chi connectivity index (χ2n) is 1.85. The zero-order chi connectivity index (χ0) is 15.3. The Balaban J connectivity index is -0.000000105. The molecule has 0 heterocycles. The van der Waals surface area contributed by atoms with Crippen molar-refractivity contribution < 1.29 is 32.0 Å². The van der Waals surface area contributed by atoms with Crippen LogP contribution in [0.3, 0.4) is 0 Å². The average molecular weight is 332 g/mol. The molecule has 0 aliphatic heterocycles. The summed E-state index contributed by atoms with van der Waals surface area (Å²) in [4.78, 5) is 26.9. The van der Waals surface area contributed by atoms with E-state index in [4.69, 9.17) is 52.9 Å². The van der Waals surface area contributed by atoms with Crippen molar-refractivity contribution in [3.8, 4) is 0 Å². The largest absolute Gasteiger partial charge is 2.00 e. The van der Waals surface area contributed by atoms with Gasteiger partial charge in [-0.3, -0.25) is 21.5 Å². The molecule has 0 saturated heterocycles. The number of nitrogens with zero attached hydrogens (tertiary/aromatic N) is 2. The first-order valence-corrected chi connectivity index (χ1v) is 3.38. The Morgan fingerprint density at radius 3 is 1.16 bits per heavy atom. The molecule has 2 amide bonds. The number of urea groups is 1. The first-order chi connectivity index (χ1) is 7.98. The maximum absolute atomic E-state index is 10.4. The van der Waals surface area contributed by atoms with Crippen molar-refractivity contribution in [2.45, 2.75) is 0 Å². The smallest absolute Gasteiger partial charge is 0.370 e. The predicted octanol–water partition coefficient (Wildman–Crippen LogP) is -2.41. The molecule has 0 aromatic heterocycles. The van der Waals surface area contributed by atoms with E-state index < -0.39 is 28.1 Å². The van der Waals surface area contributed by atoms with E-state index in [1.54, 1.807) is 0 Å². The van der Waals surface area contributed by atoms with Gasteiger partial charge in [-0.2, -0.15) is 0 Å². The molecule has 113 valence electrons. The van der Waals surface area contributed by atoms with Gasteiger partial charge < -0.3 is 42.1 Å². The quantitative estimate of drug-likeness (QED) is 0.0904. The molecule has 0 aliphatic carbocycles. The van der Waals surface area contributed by atoms with E-state index in [1.807, 2.05) is 10.6 Å². The Bertz CT molecular complexity index is 294. The summed E-state index contributed by atoms with van der Waals surface area (Å²) in [5, 5.41) is 46.4. The SMILES string of the molecule is N=C(N)NC(=O)NC(=N)N.O=[N+]([O-])[O-].O=[N+]([O-])[O-].[Cu+2]. The number of hydrogen-bond acceptors (Lipinski definition) is 9. The minimum absolute atomic E-state index is 0. The summed E-state index contributed by atoms with van der Waals surface area (Å²) >= 11 is 0. The molecule has 0 saturated carbocycles. The number of nitrogens with two attached hydrogens (primary N) is 2. The molecule has 16 heteroatoms. The van der Waals surface area contributed by atoms with Crippen LogP contribution >= 0.6 is 0 Å². The standard InChI is InChI=1S/C3H8N6O.Cu.2NO3/c4-1(5)8-3(10)9-2(6)7;;2*2-1(3)4/h(H8,4,5,6,7,8,9,10);;;/q;+2;2*-1. The molecule has 0 atom stereocenters. The van der Waals surface area contributed by atoms with Crippen molar-refractivity contribution in [2.24, 2.45) is 11.5 Å². The van der Waals surface area contributed by atoms with Gasteiger partial charge in [0.05, 0.1) is 10.2 Å². The van der Waals surface area contributed by atoms with Gasteiger partial charge in [-0.15, -0.1) is 0 Å². The summed E-state index contributed by atoms with van der Waals surface area (Å²) in [5.41, 5.74) is 9.54. The number of carbonyl (C=O) groups is 1. The molecule has 15 nitrogen and oxygen atoms in total. The molecule has 19 heavy (non-hydrogen) atoms. The fourth-order valence-corrected chi connectivity index (χ4v) is 0.276. The molecule has 0 aromatic rings. The summed E-state index contributed by atoms with van der Waals surface area (Å²) in [6.45, 7) is 0. The Morgan fingerprint density at radius 1 is 0.895 bits per heavy atom. The van der Waals surface area contributed by atoms with Crippen LogP contribution in [0.2, 0.25) is 0 Å². The van der Waals surface area contributed by atoms with Crippen LogP contribution in [0.4, 0.5) is 4.79 Å². The van der Waals surface area contributed by atoms with Crippen LogP contribution in [0.25, 0.3) is 0 Å². The zero-order valence-electron chi connectivity index (χ0n) is 8.71. The van der Waals surface area contributed by atoms with Gasteiger partial charge in [0.2, 0.25) is 0 Å². The van der Waals surface area contributed by atoms with E-state index in [1.165, 1.54) is 0 Å². The molecule has 8 N–H and O–H groups in total. The maximum Gasteiger partial charge on any atom is 2.00 e. The number of rotatable bonds is 0. The Kier molecular flexibility index (Phi) is 20.0. The second kappa shape index (κ2) is 15.1. The van der Waals surface area contributed by atoms with E-state index in [2.05, 4.69) is 0 Å². The monoisotopic (exact) mass is 331 g/mol. The normalized spacial score (nSPS) is 6.74. The second-order valence-corrected chi connectivity index (χ2v) is 1.85. The first kappa shape index (κ1) is 25.1. The number of hydrogen-bond donors (Lipinski definition) is 6. The van der Waals surface area contributed by atoms with Crippen LogP contribution in [-0.4, -0.2) is 28.1 Å². The number of guanidine groups is 2. The van der Waals surface area contributed by atoms with Crippen molar-refractivity contribution in [3.63, 3.8) is 0 Å². The molecule has 0 spiro atoms. The van der Waals surface area contributed by atoms with E-state index in [9.17, 15) is 4.79 Å². The first-order valence-electron chi connectivity index (χ1n) is 3.38. The van der Waals surface area contributed by atoms with Gasteiger partial charge in [0, 0.05) is 0 Å². The van der Waals surface area contributed by atoms with Crippen molar-refractivity contribution in [3.05, 3.63) is 30.6 Å². The van der Waals surface area contributed by atoms with Crippen molar-refractivity contribution >= 4 is 18.0 Å². The van der Waals surface area contributed by atoms with E-state index in [-0.39, 0.29) is 17.1 Å². The van der Waals surface area contributed by atoms with Gasteiger partial charge in [-0.25, -0.2) is 4.79 Å². The van der Waals surface area contributed by atoms with Gasteiger partial charge in [0.25, 0.3) is 0 Å². The summed E-state index contributed by atoms with van der Waals surface area (Å²) in [5.74, 6) is -1.00. The van der Waals surface area contributed by atoms with E-state index >= 15 is 0 Å². The summed E-state index contributed by atoms with van der Waals surface area (Å²) in [6.07, 6.45) is 0. The van der Waals surface area contributed by atoms with Crippen LogP contribution < -0.4 is 22.1 Å². The average Bonchev–Trinajstić information content (AvgIpc) is 1.96. The third kappa shape index (κ3) is 99.1. The van der Waals surface area contributed by atoms with E-state index in [0.29, 0.717) is 0 Å². The minimum atomic E-state index is -1.75. The van der Waals surface area contributed by atoms with Crippen molar-refractivity contribution in [1.82, 2.24) is 10.6 Å².